The van der Waals surface area contributed by atoms with E-state index in [2.05, 4.69) is 5.32 Å². The molecule has 2 aromatic rings. The molecule has 0 saturated heterocycles. The van der Waals surface area contributed by atoms with E-state index in [9.17, 15) is 24.6 Å². The SMILES string of the molecule is COc1cc(C=O)cc(I)c1OC1C=C(C(=O)NCCO)CC(N(Cc2ccc3c(c2)OCO3)C(=O)CC(C)C)C1O. The number of carbonyl (C=O) groups is 3. The predicted molar refractivity (Wildman–Crippen MR) is 161 cm³/mol. The summed E-state index contributed by atoms with van der Waals surface area (Å²) in [5.74, 6) is 1.17. The lowest BCUT2D eigenvalue weighted by Crippen LogP contribution is -2.55. The molecular formula is C30H35IN2O9. The van der Waals surface area contributed by atoms with Crippen molar-refractivity contribution in [3.8, 4) is 23.0 Å². The molecule has 3 N–H and O–H groups in total. The number of ether oxygens (including phenoxy) is 4. The third-order valence-corrected chi connectivity index (χ3v) is 7.75. The van der Waals surface area contributed by atoms with Crippen molar-refractivity contribution in [3.05, 3.63) is 56.7 Å². The minimum absolute atomic E-state index is 0.0426. The second kappa shape index (κ2) is 14.2. The summed E-state index contributed by atoms with van der Waals surface area (Å²) in [6, 6.07) is 7.72. The highest BCUT2D eigenvalue weighted by atomic mass is 127. The number of hydrogen-bond donors (Lipinski definition) is 3. The maximum atomic E-state index is 13.7. The van der Waals surface area contributed by atoms with Crippen LogP contribution in [-0.2, 0) is 16.1 Å². The number of aliphatic hydroxyl groups is 2. The first-order valence-corrected chi connectivity index (χ1v) is 14.7. The number of aliphatic hydroxyl groups excluding tert-OH is 2. The molecule has 0 fully saturated rings. The molecule has 3 atom stereocenters. The van der Waals surface area contributed by atoms with Gasteiger partial charge in [-0.1, -0.05) is 19.9 Å². The Morgan fingerprint density at radius 2 is 1.98 bits per heavy atom. The molecule has 0 radical (unpaired) electrons. The summed E-state index contributed by atoms with van der Waals surface area (Å²) in [6.07, 6.45) is 0.240. The maximum absolute atomic E-state index is 13.7. The van der Waals surface area contributed by atoms with E-state index in [1.807, 2.05) is 42.5 Å². The zero-order valence-corrected chi connectivity index (χ0v) is 25.8. The quantitative estimate of drug-likeness (QED) is 0.226. The lowest BCUT2D eigenvalue weighted by molar-refractivity contribution is -0.140. The van der Waals surface area contributed by atoms with E-state index in [0.717, 1.165) is 5.56 Å². The minimum Gasteiger partial charge on any atom is -0.493 e. The number of nitrogens with zero attached hydrogens (tertiary/aromatic N) is 1. The number of methoxy groups -OCH3 is 1. The number of carbonyl (C=O) groups excluding carboxylic acids is 3. The fourth-order valence-corrected chi connectivity index (χ4v) is 5.68. The molecule has 226 valence electrons. The molecular weight excluding hydrogens is 659 g/mol. The van der Waals surface area contributed by atoms with Gasteiger partial charge in [-0.2, -0.15) is 0 Å². The third kappa shape index (κ3) is 7.34. The summed E-state index contributed by atoms with van der Waals surface area (Å²) in [7, 11) is 1.44. The molecule has 2 amide bonds. The van der Waals surface area contributed by atoms with Crippen LogP contribution in [0.1, 0.15) is 42.6 Å². The number of fused-ring (bicyclic) bond motifs is 1. The number of aldehydes is 1. The fraction of sp³-hybridized carbons (Fsp3) is 0.433. The van der Waals surface area contributed by atoms with Crippen molar-refractivity contribution in [3.63, 3.8) is 0 Å². The highest BCUT2D eigenvalue weighted by molar-refractivity contribution is 14.1. The molecule has 0 aromatic heterocycles. The van der Waals surface area contributed by atoms with Gasteiger partial charge in [0.25, 0.3) is 0 Å². The minimum atomic E-state index is -1.23. The van der Waals surface area contributed by atoms with Gasteiger partial charge in [-0.05, 0) is 64.4 Å². The van der Waals surface area contributed by atoms with Crippen LogP contribution in [0.5, 0.6) is 23.0 Å². The van der Waals surface area contributed by atoms with Gasteiger partial charge in [0, 0.05) is 37.1 Å². The van der Waals surface area contributed by atoms with Gasteiger partial charge in [0.1, 0.15) is 18.5 Å². The number of hydrogen-bond acceptors (Lipinski definition) is 9. The summed E-state index contributed by atoms with van der Waals surface area (Å²) in [4.78, 5) is 39.8. The maximum Gasteiger partial charge on any atom is 0.247 e. The van der Waals surface area contributed by atoms with Gasteiger partial charge in [0.15, 0.2) is 23.0 Å². The number of benzene rings is 2. The average Bonchev–Trinajstić information content (AvgIpc) is 3.44. The summed E-state index contributed by atoms with van der Waals surface area (Å²) < 4.78 is 23.2. The molecule has 1 heterocycles. The normalized spacial score (nSPS) is 19.2. The predicted octanol–water partition coefficient (Wildman–Crippen LogP) is 2.83. The second-order valence-electron chi connectivity index (χ2n) is 10.5. The largest absolute Gasteiger partial charge is 0.493 e. The van der Waals surface area contributed by atoms with Crippen molar-refractivity contribution < 1.29 is 43.5 Å². The van der Waals surface area contributed by atoms with Crippen molar-refractivity contribution >= 4 is 40.7 Å². The molecule has 2 aromatic carbocycles. The van der Waals surface area contributed by atoms with Crippen LogP contribution in [0.2, 0.25) is 0 Å². The topological polar surface area (TPSA) is 144 Å². The van der Waals surface area contributed by atoms with E-state index in [4.69, 9.17) is 18.9 Å². The smallest absolute Gasteiger partial charge is 0.247 e. The standard InChI is InChI=1S/C30H35IN2O9/c1-17(2)8-27(36)33(14-18-4-5-23-24(10-18)41-16-40-23)22-12-20(30(38)32-6-7-34)13-25(28(22)37)42-29-21(31)9-19(15-35)11-26(29)39-3/h4-5,9-11,13,15,17,22,25,28,34,37H,6-8,12,14,16H2,1-3H3,(H,32,38). The van der Waals surface area contributed by atoms with E-state index in [1.54, 1.807) is 23.1 Å². The van der Waals surface area contributed by atoms with Crippen LogP contribution in [0.3, 0.4) is 0 Å². The zero-order valence-electron chi connectivity index (χ0n) is 23.7. The Morgan fingerprint density at radius 1 is 1.21 bits per heavy atom. The van der Waals surface area contributed by atoms with Gasteiger partial charge in [0.05, 0.1) is 23.3 Å². The van der Waals surface area contributed by atoms with Crippen LogP contribution >= 0.6 is 22.6 Å². The Bertz CT molecular complexity index is 1350. The number of rotatable bonds is 12. The van der Waals surface area contributed by atoms with Crippen molar-refractivity contribution in [2.75, 3.05) is 27.1 Å². The zero-order chi connectivity index (χ0) is 30.4. The van der Waals surface area contributed by atoms with E-state index in [1.165, 1.54) is 19.3 Å². The average molecular weight is 695 g/mol. The lowest BCUT2D eigenvalue weighted by Gasteiger charge is -2.41. The Labute approximate surface area is 257 Å². The van der Waals surface area contributed by atoms with Gasteiger partial charge in [0.2, 0.25) is 18.6 Å². The van der Waals surface area contributed by atoms with Gasteiger partial charge in [-0.3, -0.25) is 14.4 Å². The molecule has 1 aliphatic carbocycles. The first-order valence-electron chi connectivity index (χ1n) is 13.6. The highest BCUT2D eigenvalue weighted by Gasteiger charge is 2.41. The molecule has 0 spiro atoms. The van der Waals surface area contributed by atoms with Crippen LogP contribution in [0.25, 0.3) is 0 Å². The summed E-state index contributed by atoms with van der Waals surface area (Å²) in [5.41, 5.74) is 1.46. The van der Waals surface area contributed by atoms with E-state index in [-0.39, 0.29) is 62.7 Å². The highest BCUT2D eigenvalue weighted by Crippen LogP contribution is 2.38. The van der Waals surface area contributed by atoms with Crippen LogP contribution in [-0.4, -0.2) is 78.5 Å². The van der Waals surface area contributed by atoms with Crippen LogP contribution < -0.4 is 24.3 Å². The van der Waals surface area contributed by atoms with Crippen molar-refractivity contribution in [1.29, 1.82) is 0 Å². The van der Waals surface area contributed by atoms with E-state index >= 15 is 0 Å². The Kier molecular flexibility index (Phi) is 10.7. The summed E-state index contributed by atoms with van der Waals surface area (Å²) in [6.45, 7) is 3.93. The molecule has 0 saturated carbocycles. The summed E-state index contributed by atoms with van der Waals surface area (Å²) >= 11 is 2.01. The Morgan fingerprint density at radius 3 is 2.67 bits per heavy atom. The Hall–Kier alpha value is -3.36. The summed E-state index contributed by atoms with van der Waals surface area (Å²) in [5, 5.41) is 23.6. The van der Waals surface area contributed by atoms with Gasteiger partial charge in [-0.25, -0.2) is 0 Å². The van der Waals surface area contributed by atoms with E-state index in [0.29, 0.717) is 32.5 Å². The fourth-order valence-electron chi connectivity index (χ4n) is 4.93. The van der Waals surface area contributed by atoms with Crippen molar-refractivity contribution in [2.45, 2.75) is 51.5 Å². The van der Waals surface area contributed by atoms with Crippen molar-refractivity contribution in [2.24, 2.45) is 5.92 Å². The first kappa shape index (κ1) is 31.6. The molecule has 1 aliphatic heterocycles. The van der Waals surface area contributed by atoms with E-state index < -0.39 is 24.2 Å². The van der Waals surface area contributed by atoms with Crippen LogP contribution in [0, 0.1) is 9.49 Å². The van der Waals surface area contributed by atoms with Gasteiger partial charge in [-0.15, -0.1) is 0 Å². The second-order valence-corrected chi connectivity index (χ2v) is 11.6. The lowest BCUT2D eigenvalue weighted by atomic mass is 9.87. The molecule has 11 nitrogen and oxygen atoms in total. The van der Waals surface area contributed by atoms with Gasteiger partial charge < -0.3 is 39.4 Å². The molecule has 2 aliphatic rings. The van der Waals surface area contributed by atoms with Crippen LogP contribution in [0.4, 0.5) is 0 Å². The first-order chi connectivity index (χ1) is 20.1. The monoisotopic (exact) mass is 694 g/mol. The molecule has 4 rings (SSSR count). The van der Waals surface area contributed by atoms with Crippen LogP contribution in [0.15, 0.2) is 42.0 Å². The molecule has 3 unspecified atom stereocenters. The molecule has 42 heavy (non-hydrogen) atoms. The number of amides is 2. The number of halogens is 1. The van der Waals surface area contributed by atoms with Crippen molar-refractivity contribution in [1.82, 2.24) is 10.2 Å². The molecule has 0 bridgehead atoms. The third-order valence-electron chi connectivity index (χ3n) is 6.95. The van der Waals surface area contributed by atoms with Gasteiger partial charge >= 0.3 is 0 Å². The Balaban J connectivity index is 1.72. The molecule has 12 heteroatoms. The number of nitrogens with one attached hydrogen (secondary N) is 1.